The maximum atomic E-state index is 12.4. The second kappa shape index (κ2) is 8.63. The number of hydrogen-bond donors (Lipinski definition) is 2. The molecular formula is C23H24N6OS. The highest BCUT2D eigenvalue weighted by Gasteiger charge is 2.21. The number of benzene rings is 1. The summed E-state index contributed by atoms with van der Waals surface area (Å²) in [6.07, 6.45) is 12.0. The lowest BCUT2D eigenvalue weighted by molar-refractivity contribution is 0.0938. The summed E-state index contributed by atoms with van der Waals surface area (Å²) in [6.45, 7) is 0. The van der Waals surface area contributed by atoms with Gasteiger partial charge in [-0.2, -0.15) is 0 Å². The Bertz CT molecular complexity index is 1110. The lowest BCUT2D eigenvalue weighted by Crippen LogP contribution is -2.32. The van der Waals surface area contributed by atoms with Crippen LogP contribution in [0.5, 0.6) is 0 Å². The summed E-state index contributed by atoms with van der Waals surface area (Å²) in [4.78, 5) is 30.7. The largest absolute Gasteiger partial charge is 0.349 e. The van der Waals surface area contributed by atoms with Gasteiger partial charge >= 0.3 is 0 Å². The van der Waals surface area contributed by atoms with Crippen molar-refractivity contribution < 1.29 is 4.79 Å². The molecule has 1 amide bonds. The van der Waals surface area contributed by atoms with Crippen LogP contribution in [0.2, 0.25) is 0 Å². The molecule has 158 valence electrons. The standard InChI is InChI=1S/C23H24N6OS/c1-31-23-25-13-18-19(28-23)11-8-15-12-24-22(29-20(15)18)27-17-9-6-14(7-10-17)21(30)26-16-4-2-3-5-16/h6-7,9-10,12-13,16H,2-5,8,11H2,1H3,(H,26,30)(H,24,27,29). The van der Waals surface area contributed by atoms with E-state index in [9.17, 15) is 4.79 Å². The third-order valence-electron chi connectivity index (χ3n) is 5.87. The number of fused-ring (bicyclic) bond motifs is 3. The zero-order chi connectivity index (χ0) is 21.2. The van der Waals surface area contributed by atoms with Crippen molar-refractivity contribution in [2.24, 2.45) is 0 Å². The van der Waals surface area contributed by atoms with Crippen molar-refractivity contribution in [1.29, 1.82) is 0 Å². The van der Waals surface area contributed by atoms with Gasteiger partial charge in [0.2, 0.25) is 5.95 Å². The summed E-state index contributed by atoms with van der Waals surface area (Å²) in [7, 11) is 0. The highest BCUT2D eigenvalue weighted by Crippen LogP contribution is 2.32. The van der Waals surface area contributed by atoms with Crippen LogP contribution in [0.15, 0.2) is 41.8 Å². The maximum Gasteiger partial charge on any atom is 0.251 e. The van der Waals surface area contributed by atoms with E-state index in [1.165, 1.54) is 12.8 Å². The number of carbonyl (C=O) groups excluding carboxylic acids is 1. The average molecular weight is 433 g/mol. The van der Waals surface area contributed by atoms with Crippen LogP contribution in [-0.2, 0) is 12.8 Å². The summed E-state index contributed by atoms with van der Waals surface area (Å²) in [6, 6.07) is 7.74. The topological polar surface area (TPSA) is 92.7 Å². The van der Waals surface area contributed by atoms with Crippen molar-refractivity contribution in [1.82, 2.24) is 25.3 Å². The Morgan fingerprint density at radius 1 is 1.03 bits per heavy atom. The van der Waals surface area contributed by atoms with E-state index in [0.717, 1.165) is 59.0 Å². The molecule has 0 radical (unpaired) electrons. The van der Waals surface area contributed by atoms with Gasteiger partial charge in [0.05, 0.1) is 11.4 Å². The van der Waals surface area contributed by atoms with Gasteiger partial charge in [-0.05, 0) is 61.8 Å². The molecule has 0 atom stereocenters. The van der Waals surface area contributed by atoms with Crippen LogP contribution < -0.4 is 10.6 Å². The number of amides is 1. The molecule has 0 unspecified atom stereocenters. The minimum atomic E-state index is -0.00954. The van der Waals surface area contributed by atoms with Gasteiger partial charge in [-0.15, -0.1) is 0 Å². The zero-order valence-corrected chi connectivity index (χ0v) is 18.2. The maximum absolute atomic E-state index is 12.4. The van der Waals surface area contributed by atoms with E-state index < -0.39 is 0 Å². The molecule has 31 heavy (non-hydrogen) atoms. The summed E-state index contributed by atoms with van der Waals surface area (Å²) in [5.41, 5.74) is 5.51. The van der Waals surface area contributed by atoms with Crippen LogP contribution in [0.3, 0.4) is 0 Å². The van der Waals surface area contributed by atoms with Gasteiger partial charge in [-0.3, -0.25) is 4.79 Å². The number of carbonyl (C=O) groups is 1. The van der Waals surface area contributed by atoms with E-state index in [1.54, 1.807) is 11.8 Å². The van der Waals surface area contributed by atoms with Crippen molar-refractivity contribution in [3.05, 3.63) is 53.5 Å². The first-order chi connectivity index (χ1) is 15.2. The van der Waals surface area contributed by atoms with E-state index in [4.69, 9.17) is 4.98 Å². The number of aryl methyl sites for hydroxylation is 2. The molecule has 8 heteroatoms. The number of rotatable bonds is 5. The first-order valence-electron chi connectivity index (χ1n) is 10.6. The quantitative estimate of drug-likeness (QED) is 0.462. The third-order valence-corrected chi connectivity index (χ3v) is 6.43. The van der Waals surface area contributed by atoms with Crippen molar-refractivity contribution in [2.45, 2.75) is 49.7 Å². The second-order valence-electron chi connectivity index (χ2n) is 7.94. The fourth-order valence-corrected chi connectivity index (χ4v) is 4.55. The Kier molecular flexibility index (Phi) is 5.55. The first-order valence-corrected chi connectivity index (χ1v) is 11.9. The molecule has 3 aromatic rings. The SMILES string of the molecule is CSc1ncc2c(n1)CCc1cnc(Nc3ccc(C(=O)NC4CCCC4)cc3)nc1-2. The molecule has 2 aliphatic rings. The van der Waals surface area contributed by atoms with Gasteiger partial charge < -0.3 is 10.6 Å². The average Bonchev–Trinajstić information content (AvgIpc) is 3.32. The highest BCUT2D eigenvalue weighted by atomic mass is 32.2. The molecule has 7 nitrogen and oxygen atoms in total. The molecule has 0 spiro atoms. The normalized spacial score (nSPS) is 15.3. The number of nitrogens with one attached hydrogen (secondary N) is 2. The molecule has 1 aromatic carbocycles. The molecule has 2 aliphatic carbocycles. The fourth-order valence-electron chi connectivity index (χ4n) is 4.19. The van der Waals surface area contributed by atoms with Crippen LogP contribution in [-0.4, -0.2) is 38.1 Å². The predicted octanol–water partition coefficient (Wildman–Crippen LogP) is 4.17. The Labute approximate surface area is 185 Å². The fraction of sp³-hybridized carbons (Fsp3) is 0.348. The number of anilines is 2. The number of hydrogen-bond acceptors (Lipinski definition) is 7. The van der Waals surface area contributed by atoms with Gasteiger partial charge in [0.15, 0.2) is 5.16 Å². The van der Waals surface area contributed by atoms with Crippen LogP contribution in [0.4, 0.5) is 11.6 Å². The first kappa shape index (κ1) is 19.9. The van der Waals surface area contributed by atoms with E-state index in [0.29, 0.717) is 17.6 Å². The van der Waals surface area contributed by atoms with Gasteiger partial charge in [0.1, 0.15) is 0 Å². The van der Waals surface area contributed by atoms with Gasteiger partial charge in [0, 0.05) is 35.2 Å². The number of nitrogens with zero attached hydrogens (tertiary/aromatic N) is 4. The van der Waals surface area contributed by atoms with Gasteiger partial charge in [-0.25, -0.2) is 19.9 Å². The van der Waals surface area contributed by atoms with Crippen LogP contribution in [0.25, 0.3) is 11.3 Å². The van der Waals surface area contributed by atoms with Crippen molar-refractivity contribution in [2.75, 3.05) is 11.6 Å². The Morgan fingerprint density at radius 3 is 2.61 bits per heavy atom. The lowest BCUT2D eigenvalue weighted by atomic mass is 9.95. The second-order valence-corrected chi connectivity index (χ2v) is 8.72. The molecule has 2 aromatic heterocycles. The molecule has 0 bridgehead atoms. The smallest absolute Gasteiger partial charge is 0.251 e. The van der Waals surface area contributed by atoms with E-state index in [-0.39, 0.29) is 5.91 Å². The summed E-state index contributed by atoms with van der Waals surface area (Å²) < 4.78 is 0. The molecule has 0 saturated heterocycles. The lowest BCUT2D eigenvalue weighted by Gasteiger charge is -2.18. The van der Waals surface area contributed by atoms with Gasteiger partial charge in [-0.1, -0.05) is 24.6 Å². The summed E-state index contributed by atoms with van der Waals surface area (Å²) in [5, 5.41) is 7.15. The minimum Gasteiger partial charge on any atom is -0.349 e. The molecule has 1 saturated carbocycles. The van der Waals surface area contributed by atoms with Gasteiger partial charge in [0.25, 0.3) is 5.91 Å². The summed E-state index contributed by atoms with van der Waals surface area (Å²) >= 11 is 1.54. The van der Waals surface area contributed by atoms with E-state index >= 15 is 0 Å². The Hall–Kier alpha value is -3.00. The monoisotopic (exact) mass is 432 g/mol. The van der Waals surface area contributed by atoms with Crippen LogP contribution in [0, 0.1) is 0 Å². The summed E-state index contributed by atoms with van der Waals surface area (Å²) in [5.74, 6) is 0.508. The van der Waals surface area contributed by atoms with Crippen LogP contribution >= 0.6 is 11.8 Å². The Morgan fingerprint density at radius 2 is 1.84 bits per heavy atom. The molecular weight excluding hydrogens is 408 g/mol. The molecule has 2 heterocycles. The minimum absolute atomic E-state index is 0.00954. The number of aromatic nitrogens is 4. The highest BCUT2D eigenvalue weighted by molar-refractivity contribution is 7.98. The van der Waals surface area contributed by atoms with Crippen molar-refractivity contribution >= 4 is 29.3 Å². The van der Waals surface area contributed by atoms with E-state index in [1.807, 2.05) is 42.9 Å². The molecule has 2 N–H and O–H groups in total. The molecule has 0 aliphatic heterocycles. The van der Waals surface area contributed by atoms with Crippen molar-refractivity contribution in [3.8, 4) is 11.3 Å². The molecule has 1 fully saturated rings. The Balaban J connectivity index is 1.32. The van der Waals surface area contributed by atoms with E-state index in [2.05, 4.69) is 25.6 Å². The van der Waals surface area contributed by atoms with Crippen molar-refractivity contribution in [3.63, 3.8) is 0 Å². The van der Waals surface area contributed by atoms with Crippen LogP contribution in [0.1, 0.15) is 47.3 Å². The number of thioether (sulfide) groups is 1. The zero-order valence-electron chi connectivity index (χ0n) is 17.4. The predicted molar refractivity (Wildman–Crippen MR) is 122 cm³/mol. The third kappa shape index (κ3) is 4.25. The molecule has 5 rings (SSSR count).